The summed E-state index contributed by atoms with van der Waals surface area (Å²) in [5.74, 6) is 0.853. The monoisotopic (exact) mass is 856 g/mol. The van der Waals surface area contributed by atoms with Crippen molar-refractivity contribution in [2.75, 3.05) is 26.4 Å². The minimum atomic E-state index is -1.63. The van der Waals surface area contributed by atoms with Crippen molar-refractivity contribution in [1.82, 2.24) is 0 Å². The van der Waals surface area contributed by atoms with Gasteiger partial charge in [-0.1, -0.05) is 39.3 Å². The maximum atomic E-state index is 12.7. The molecule has 5 saturated heterocycles. The van der Waals surface area contributed by atoms with Crippen LogP contribution in [0.15, 0.2) is 11.6 Å². The molecular weight excluding hydrogens is 788 g/mol. The standard InChI is InChI=1S/C43H68O17/c1-19-7-12-42(55-16-19)20(2)43(52)29(60-42)14-25-23-6-5-21-13-22(8-10-40(21,3)24(23)9-11-41(25,43)4)56-38-35(51)32(48)36(27(15-44)57-38)59-39-34(50)31(47)28(58-39)18-54-37-33(49)30(46)26(45)17-53-37/h5,19-20,22-39,44-52H,6-18H2,1-4H3. The lowest BCUT2D eigenvalue weighted by Gasteiger charge is -2.60. The number of rotatable bonds is 8. The number of hydrogen-bond donors (Lipinski definition) is 9. The largest absolute Gasteiger partial charge is 0.394 e. The summed E-state index contributed by atoms with van der Waals surface area (Å²) in [5.41, 5.74) is 0.0432. The molecule has 1 spiro atoms. The van der Waals surface area contributed by atoms with Crippen LogP contribution in [0, 0.1) is 40.4 Å². The van der Waals surface area contributed by atoms with Crippen molar-refractivity contribution in [2.24, 2.45) is 40.4 Å². The van der Waals surface area contributed by atoms with Crippen LogP contribution in [0.4, 0.5) is 0 Å². The van der Waals surface area contributed by atoms with Crippen LogP contribution in [-0.2, 0) is 37.9 Å². The third kappa shape index (κ3) is 6.83. The first-order chi connectivity index (χ1) is 28.5. The van der Waals surface area contributed by atoms with E-state index in [-0.39, 0.29) is 35.6 Å². The van der Waals surface area contributed by atoms with Gasteiger partial charge in [-0.25, -0.2) is 0 Å². The maximum Gasteiger partial charge on any atom is 0.187 e. The highest BCUT2D eigenvalue weighted by molar-refractivity contribution is 5.29. The Kier molecular flexibility index (Phi) is 11.9. The van der Waals surface area contributed by atoms with Crippen LogP contribution >= 0.6 is 0 Å². The van der Waals surface area contributed by atoms with Crippen LogP contribution in [0.1, 0.15) is 85.5 Å². The molecule has 5 heterocycles. The molecule has 0 radical (unpaired) electrons. The van der Waals surface area contributed by atoms with Gasteiger partial charge in [-0.15, -0.1) is 0 Å². The van der Waals surface area contributed by atoms with Gasteiger partial charge in [0.15, 0.2) is 24.7 Å². The molecule has 0 amide bonds. The summed E-state index contributed by atoms with van der Waals surface area (Å²) in [4.78, 5) is 0. The highest BCUT2D eigenvalue weighted by Crippen LogP contribution is 2.72. The Morgan fingerprint density at radius 1 is 0.767 bits per heavy atom. The Labute approximate surface area is 350 Å². The number of aliphatic hydroxyl groups is 9. The molecule has 0 aromatic rings. The molecule has 9 aliphatic rings. The third-order valence-electron chi connectivity index (χ3n) is 17.2. The summed E-state index contributed by atoms with van der Waals surface area (Å²) in [7, 11) is 0. The van der Waals surface area contributed by atoms with E-state index in [1.165, 1.54) is 5.57 Å². The summed E-state index contributed by atoms with van der Waals surface area (Å²) >= 11 is 0. The molecule has 4 aliphatic carbocycles. The molecular formula is C43H68O17. The van der Waals surface area contributed by atoms with Gasteiger partial charge in [0.05, 0.1) is 38.6 Å². The zero-order chi connectivity index (χ0) is 42.7. The second kappa shape index (κ2) is 16.2. The van der Waals surface area contributed by atoms with E-state index in [1.54, 1.807) is 0 Å². The van der Waals surface area contributed by atoms with Crippen molar-refractivity contribution in [3.8, 4) is 0 Å². The third-order valence-corrected chi connectivity index (χ3v) is 17.2. The van der Waals surface area contributed by atoms with Crippen LogP contribution in [0.2, 0.25) is 0 Å². The number of allylic oxidation sites excluding steroid dienone is 1. The van der Waals surface area contributed by atoms with Crippen molar-refractivity contribution in [3.63, 3.8) is 0 Å². The fraction of sp³-hybridized carbons (Fsp3) is 0.953. The summed E-state index contributed by atoms with van der Waals surface area (Å²) in [6.45, 7) is 8.38. The highest BCUT2D eigenvalue weighted by atomic mass is 16.8. The van der Waals surface area contributed by atoms with Crippen molar-refractivity contribution < 1.29 is 83.9 Å². The van der Waals surface area contributed by atoms with Gasteiger partial charge < -0.3 is 83.9 Å². The average Bonchev–Trinajstić information content (AvgIpc) is 3.72. The Bertz CT molecular complexity index is 1570. The quantitative estimate of drug-likeness (QED) is 0.141. The zero-order valence-electron chi connectivity index (χ0n) is 35.1. The molecule has 17 nitrogen and oxygen atoms in total. The van der Waals surface area contributed by atoms with E-state index in [4.69, 9.17) is 37.9 Å². The van der Waals surface area contributed by atoms with Gasteiger partial charge in [-0.05, 0) is 80.5 Å². The summed E-state index contributed by atoms with van der Waals surface area (Å²) in [6, 6.07) is 0. The van der Waals surface area contributed by atoms with Gasteiger partial charge in [0.1, 0.15) is 66.6 Å². The molecule has 24 atom stereocenters. The molecule has 3 saturated carbocycles. The molecule has 0 aromatic carbocycles. The second-order valence-corrected chi connectivity index (χ2v) is 20.3. The topological polar surface area (TPSA) is 256 Å². The van der Waals surface area contributed by atoms with Crippen molar-refractivity contribution >= 4 is 0 Å². The fourth-order valence-corrected chi connectivity index (χ4v) is 13.4. The minimum absolute atomic E-state index is 0.0541. The number of fused-ring (bicyclic) bond motifs is 7. The van der Waals surface area contributed by atoms with Gasteiger partial charge >= 0.3 is 0 Å². The Morgan fingerprint density at radius 3 is 2.22 bits per heavy atom. The van der Waals surface area contributed by atoms with Crippen molar-refractivity contribution in [3.05, 3.63) is 11.6 Å². The Balaban J connectivity index is 0.810. The lowest BCUT2D eigenvalue weighted by molar-refractivity contribution is -0.338. The molecule has 60 heavy (non-hydrogen) atoms. The maximum absolute atomic E-state index is 12.7. The molecule has 0 bridgehead atoms. The fourth-order valence-electron chi connectivity index (χ4n) is 13.4. The van der Waals surface area contributed by atoms with E-state index in [1.807, 2.05) is 0 Å². The lowest BCUT2D eigenvalue weighted by atomic mass is 9.46. The van der Waals surface area contributed by atoms with Crippen LogP contribution < -0.4 is 0 Å². The molecule has 9 rings (SSSR count). The van der Waals surface area contributed by atoms with Crippen LogP contribution in [0.3, 0.4) is 0 Å². The Hall–Kier alpha value is -0.940. The number of hydrogen-bond acceptors (Lipinski definition) is 17. The normalized spacial score (nSPS) is 57.7. The average molecular weight is 857 g/mol. The molecule has 24 unspecified atom stereocenters. The van der Waals surface area contributed by atoms with Crippen molar-refractivity contribution in [2.45, 2.75) is 189 Å². The molecule has 8 fully saturated rings. The first kappa shape index (κ1) is 44.3. The minimum Gasteiger partial charge on any atom is -0.394 e. The summed E-state index contributed by atoms with van der Waals surface area (Å²) in [5, 5.41) is 96.8. The van der Waals surface area contributed by atoms with Crippen LogP contribution in [-0.4, -0.2) is 176 Å². The van der Waals surface area contributed by atoms with E-state index in [0.29, 0.717) is 43.1 Å². The van der Waals surface area contributed by atoms with E-state index in [9.17, 15) is 46.0 Å². The van der Waals surface area contributed by atoms with Gasteiger partial charge in [0.25, 0.3) is 0 Å². The SMILES string of the molecule is CC1CCC2(OC1)OC1CC3C4CC=C5CC(OC6OC(CO)C(OC7OC(COC8OCC(O)C(O)C8O)C(O)C7O)C(O)C6O)CCC5(C)C4CCC3(C)C1(O)C2C. The van der Waals surface area contributed by atoms with Crippen LogP contribution in [0.5, 0.6) is 0 Å². The predicted molar refractivity (Wildman–Crippen MR) is 205 cm³/mol. The molecule has 9 N–H and O–H groups in total. The van der Waals surface area contributed by atoms with E-state index in [0.717, 1.165) is 44.9 Å². The van der Waals surface area contributed by atoms with Crippen LogP contribution in [0.25, 0.3) is 0 Å². The van der Waals surface area contributed by atoms with Gasteiger partial charge in [0, 0.05) is 17.8 Å². The first-order valence-electron chi connectivity index (χ1n) is 22.4. The first-order valence-corrected chi connectivity index (χ1v) is 22.4. The Morgan fingerprint density at radius 2 is 1.48 bits per heavy atom. The van der Waals surface area contributed by atoms with E-state index >= 15 is 0 Å². The molecule has 342 valence electrons. The summed E-state index contributed by atoms with van der Waals surface area (Å²) < 4.78 is 47.8. The van der Waals surface area contributed by atoms with E-state index < -0.39 is 105 Å². The van der Waals surface area contributed by atoms with Crippen molar-refractivity contribution in [1.29, 1.82) is 0 Å². The lowest BCUT2D eigenvalue weighted by Crippen LogP contribution is -2.62. The molecule has 5 aliphatic heterocycles. The van der Waals surface area contributed by atoms with E-state index in [2.05, 4.69) is 33.8 Å². The zero-order valence-corrected chi connectivity index (χ0v) is 35.1. The number of aliphatic hydroxyl groups excluding tert-OH is 8. The van der Waals surface area contributed by atoms with Gasteiger partial charge in [-0.2, -0.15) is 0 Å². The number of ether oxygens (including phenoxy) is 8. The smallest absolute Gasteiger partial charge is 0.187 e. The highest BCUT2D eigenvalue weighted by Gasteiger charge is 2.76. The second-order valence-electron chi connectivity index (χ2n) is 20.3. The molecule has 0 aromatic heterocycles. The predicted octanol–water partition coefficient (Wildman–Crippen LogP) is -0.420. The molecule has 17 heteroatoms. The van der Waals surface area contributed by atoms with Gasteiger partial charge in [0.2, 0.25) is 0 Å². The van der Waals surface area contributed by atoms with Gasteiger partial charge in [-0.3, -0.25) is 0 Å². The summed E-state index contributed by atoms with van der Waals surface area (Å²) in [6.07, 6.45) is -9.10.